The Bertz CT molecular complexity index is 2230. The molecule has 2 heterocycles. The highest BCUT2D eigenvalue weighted by atomic mass is 19.4. The molecular formula is C40H34F6N2O6. The van der Waals surface area contributed by atoms with E-state index >= 15 is 0 Å². The minimum atomic E-state index is -4.99. The van der Waals surface area contributed by atoms with Gasteiger partial charge in [-0.2, -0.15) is 26.3 Å². The number of alkyl halides is 6. The van der Waals surface area contributed by atoms with Gasteiger partial charge in [0.1, 0.15) is 28.6 Å². The first-order valence-electron chi connectivity index (χ1n) is 16.6. The number of imide groups is 2. The van der Waals surface area contributed by atoms with E-state index in [4.69, 9.17) is 9.47 Å². The number of carbonyl (C=O) groups excluding carboxylic acids is 4. The molecule has 4 aromatic carbocycles. The van der Waals surface area contributed by atoms with Crippen LogP contribution in [0.1, 0.15) is 63.9 Å². The highest BCUT2D eigenvalue weighted by Crippen LogP contribution is 2.49. The third kappa shape index (κ3) is 5.78. The Balaban J connectivity index is 1.28. The van der Waals surface area contributed by atoms with Gasteiger partial charge in [0.05, 0.1) is 11.3 Å². The normalized spacial score (nSPS) is 15.8. The van der Waals surface area contributed by atoms with Crippen LogP contribution in [0.4, 0.5) is 32.0 Å². The Labute approximate surface area is 306 Å². The molecule has 2 aliphatic rings. The van der Waals surface area contributed by atoms with Gasteiger partial charge in [0.25, 0.3) is 29.0 Å². The lowest BCUT2D eigenvalue weighted by molar-refractivity contribution is -0.184. The smallest absolute Gasteiger partial charge is 0.420 e. The summed E-state index contributed by atoms with van der Waals surface area (Å²) in [5, 5.41) is 0. The van der Waals surface area contributed by atoms with Gasteiger partial charge in [0.2, 0.25) is 0 Å². The Hall–Kier alpha value is -5.66. The first-order chi connectivity index (χ1) is 24.9. The van der Waals surface area contributed by atoms with Crippen LogP contribution >= 0.6 is 0 Å². The predicted molar refractivity (Wildman–Crippen MR) is 184 cm³/mol. The molecule has 2 saturated heterocycles. The van der Waals surface area contributed by atoms with Gasteiger partial charge in [-0.25, -0.2) is 4.90 Å². The number of aryl methyl sites for hydroxylation is 5. The number of carbonyl (C=O) groups is 4. The fraction of sp³-hybridized carbons (Fsp3) is 0.300. The molecule has 0 saturated carbocycles. The predicted octanol–water partition coefficient (Wildman–Crippen LogP) is 9.04. The van der Waals surface area contributed by atoms with Crippen molar-refractivity contribution in [3.05, 3.63) is 111 Å². The minimum Gasteiger partial charge on any atom is -0.456 e. The maximum absolute atomic E-state index is 14.4. The van der Waals surface area contributed by atoms with Gasteiger partial charge in [0.15, 0.2) is 0 Å². The molecule has 8 nitrogen and oxygen atoms in total. The molecule has 4 aromatic rings. The Kier molecular flexibility index (Phi) is 8.78. The van der Waals surface area contributed by atoms with Gasteiger partial charge in [-0.15, -0.1) is 0 Å². The molecule has 2 aliphatic heterocycles. The van der Waals surface area contributed by atoms with Crippen LogP contribution in [0, 0.1) is 40.0 Å². The molecule has 1 spiro atoms. The van der Waals surface area contributed by atoms with E-state index in [1.54, 1.807) is 52.8 Å². The molecule has 4 amide bonds. The molecule has 0 unspecified atom stereocenters. The van der Waals surface area contributed by atoms with Crippen molar-refractivity contribution in [1.29, 1.82) is 0 Å². The van der Waals surface area contributed by atoms with E-state index in [0.717, 1.165) is 36.4 Å². The number of rotatable bonds is 7. The molecule has 0 radical (unpaired) electrons. The van der Waals surface area contributed by atoms with Crippen molar-refractivity contribution in [2.45, 2.75) is 66.2 Å². The van der Waals surface area contributed by atoms with Crippen LogP contribution in [0.2, 0.25) is 0 Å². The van der Waals surface area contributed by atoms with Gasteiger partial charge in [0, 0.05) is 12.5 Å². The second-order valence-electron chi connectivity index (χ2n) is 14.2. The average Bonchev–Trinajstić information content (AvgIpc) is 3.07. The van der Waals surface area contributed by atoms with Crippen molar-refractivity contribution >= 4 is 29.3 Å². The Morgan fingerprint density at radius 1 is 0.556 bits per heavy atom. The number of anilines is 1. The first kappa shape index (κ1) is 38.1. The first-order valence-corrected chi connectivity index (χ1v) is 16.6. The molecule has 6 rings (SSSR count). The van der Waals surface area contributed by atoms with E-state index in [2.05, 4.69) is 0 Å². The van der Waals surface area contributed by atoms with Gasteiger partial charge in [-0.05, 0) is 98.3 Å². The maximum atomic E-state index is 14.4. The van der Waals surface area contributed by atoms with Crippen LogP contribution in [-0.4, -0.2) is 35.6 Å². The lowest BCUT2D eigenvalue weighted by Crippen LogP contribution is -2.83. The Morgan fingerprint density at radius 3 is 1.35 bits per heavy atom. The van der Waals surface area contributed by atoms with Crippen molar-refractivity contribution in [3.8, 4) is 23.0 Å². The van der Waals surface area contributed by atoms with E-state index in [9.17, 15) is 45.5 Å². The number of β-lactam (4-membered cyclic amide) rings is 4. The molecule has 14 heteroatoms. The Morgan fingerprint density at radius 2 is 0.944 bits per heavy atom. The molecular weight excluding hydrogens is 718 g/mol. The monoisotopic (exact) mass is 752 g/mol. The molecule has 282 valence electrons. The van der Waals surface area contributed by atoms with E-state index in [0.29, 0.717) is 43.7 Å². The third-order valence-electron chi connectivity index (χ3n) is 10.1. The number of amides is 4. The van der Waals surface area contributed by atoms with Crippen LogP contribution in [0.25, 0.3) is 0 Å². The van der Waals surface area contributed by atoms with E-state index in [1.807, 2.05) is 26.0 Å². The fourth-order valence-electron chi connectivity index (χ4n) is 6.95. The van der Waals surface area contributed by atoms with E-state index in [-0.39, 0.29) is 17.2 Å². The van der Waals surface area contributed by atoms with Gasteiger partial charge in [-0.1, -0.05) is 49.7 Å². The zero-order valence-corrected chi connectivity index (χ0v) is 30.4. The van der Waals surface area contributed by atoms with Crippen molar-refractivity contribution < 1.29 is 55.0 Å². The number of hydrogen-bond acceptors (Lipinski definition) is 6. The van der Waals surface area contributed by atoms with Crippen molar-refractivity contribution in [3.63, 3.8) is 0 Å². The van der Waals surface area contributed by atoms with Crippen LogP contribution in [0.3, 0.4) is 0 Å². The number of ether oxygens (including phenoxy) is 2. The highest BCUT2D eigenvalue weighted by molar-refractivity contribution is 6.59. The molecule has 0 atom stereocenters. The van der Waals surface area contributed by atoms with Crippen LogP contribution in [0.5, 0.6) is 23.0 Å². The summed E-state index contributed by atoms with van der Waals surface area (Å²) in [5.41, 5.74) is -1.71. The number of halogens is 6. The number of hydrogen-bond donors (Lipinski definition) is 0. The van der Waals surface area contributed by atoms with Gasteiger partial charge in [-0.3, -0.25) is 24.1 Å². The van der Waals surface area contributed by atoms with Crippen molar-refractivity contribution in [1.82, 2.24) is 4.90 Å². The standard InChI is InChI=1S/C40H34F6N2O6/c1-19-9-11-29(27(13-19)39(41,42)43)53-31-20(2)14-24(15-21(31)3)37(6,7)25-16-22(4)32(23(5)17-25)54-30-12-10-26(18-28(30)40(44,45)46)48-35(51)38(36(48)52)33(49)47(8)34(38)50/h9-18H,1-8H3. The zero-order valence-electron chi connectivity index (χ0n) is 30.4. The summed E-state index contributed by atoms with van der Waals surface area (Å²) < 4.78 is 96.3. The minimum absolute atomic E-state index is 0.131. The van der Waals surface area contributed by atoms with Crippen LogP contribution in [-0.2, 0) is 36.9 Å². The molecule has 0 aliphatic carbocycles. The van der Waals surface area contributed by atoms with E-state index in [1.165, 1.54) is 6.07 Å². The maximum Gasteiger partial charge on any atom is 0.420 e. The third-order valence-corrected chi connectivity index (χ3v) is 10.1. The van der Waals surface area contributed by atoms with E-state index < -0.39 is 69.4 Å². The summed E-state index contributed by atoms with van der Waals surface area (Å²) in [6.45, 7) is 12.2. The van der Waals surface area contributed by atoms with Gasteiger partial charge < -0.3 is 9.47 Å². The van der Waals surface area contributed by atoms with Crippen LogP contribution in [0.15, 0.2) is 60.7 Å². The zero-order chi connectivity index (χ0) is 40.0. The molecule has 0 N–H and O–H groups in total. The summed E-state index contributed by atoms with van der Waals surface area (Å²) in [6, 6.07) is 13.6. The molecule has 2 fully saturated rings. The second kappa shape index (κ2) is 12.5. The summed E-state index contributed by atoms with van der Waals surface area (Å²) in [6.07, 6.45) is -9.61. The second-order valence-corrected chi connectivity index (χ2v) is 14.2. The number of benzene rings is 4. The van der Waals surface area contributed by atoms with Crippen molar-refractivity contribution in [2.24, 2.45) is 5.41 Å². The highest BCUT2D eigenvalue weighted by Gasteiger charge is 2.79. The lowest BCUT2D eigenvalue weighted by Gasteiger charge is -2.51. The lowest BCUT2D eigenvalue weighted by atomic mass is 9.69. The quantitative estimate of drug-likeness (QED) is 0.106. The van der Waals surface area contributed by atoms with Crippen molar-refractivity contribution in [2.75, 3.05) is 11.9 Å². The van der Waals surface area contributed by atoms with Crippen LogP contribution < -0.4 is 14.4 Å². The van der Waals surface area contributed by atoms with Gasteiger partial charge >= 0.3 is 12.4 Å². The number of nitrogens with zero attached hydrogens (tertiary/aromatic N) is 2. The molecule has 54 heavy (non-hydrogen) atoms. The molecule has 0 bridgehead atoms. The topological polar surface area (TPSA) is 93.2 Å². The average molecular weight is 753 g/mol. The summed E-state index contributed by atoms with van der Waals surface area (Å²) in [4.78, 5) is 51.1. The fourth-order valence-corrected chi connectivity index (χ4v) is 6.95. The molecule has 0 aromatic heterocycles. The largest absolute Gasteiger partial charge is 0.456 e. The number of likely N-dealkylation sites (tertiary alicyclic amines) is 1. The summed E-state index contributed by atoms with van der Waals surface area (Å²) >= 11 is 0. The SMILES string of the molecule is Cc1ccc(Oc2c(C)cc(C(C)(C)c3cc(C)c(Oc4ccc(N5C(=O)C6(C(=O)N(C)C6=O)C5=O)cc4C(F)(F)F)c(C)c3)cc2C)c(C(F)(F)F)c1. The summed E-state index contributed by atoms with van der Waals surface area (Å²) in [5.74, 6) is -5.03. The summed E-state index contributed by atoms with van der Waals surface area (Å²) in [7, 11) is 1.09.